The van der Waals surface area contributed by atoms with Crippen molar-refractivity contribution in [2.45, 2.75) is 24.3 Å². The molecule has 1 heterocycles. The van der Waals surface area contributed by atoms with Crippen molar-refractivity contribution in [2.75, 3.05) is 12.3 Å². The Morgan fingerprint density at radius 1 is 1.75 bits per heavy atom. The van der Waals surface area contributed by atoms with Gasteiger partial charge in [0, 0.05) is 23.9 Å². The molecule has 6 heteroatoms. The number of hydrogen-bond acceptors (Lipinski definition) is 4. The first-order valence-electron chi connectivity index (χ1n) is 5.27. The molecule has 5 nitrogen and oxygen atoms in total. The maximum Gasteiger partial charge on any atom is 0.235 e. The fourth-order valence-electron chi connectivity index (χ4n) is 1.21. The summed E-state index contributed by atoms with van der Waals surface area (Å²) in [5.74, 6) is 0.339. The number of aryl methyl sites for hydroxylation is 1. The third-order valence-electron chi connectivity index (χ3n) is 2.08. The lowest BCUT2D eigenvalue weighted by Gasteiger charge is -2.13. The smallest absolute Gasteiger partial charge is 0.235 e. The highest BCUT2D eigenvalue weighted by molar-refractivity contribution is 7.99. The summed E-state index contributed by atoms with van der Waals surface area (Å²) in [4.78, 5) is 12.2. The van der Waals surface area contributed by atoms with Crippen LogP contribution in [0.3, 0.4) is 0 Å². The van der Waals surface area contributed by atoms with Crippen molar-refractivity contribution in [3.8, 4) is 0 Å². The molecule has 0 saturated carbocycles. The standard InChI is InChI=1S/C10H18N4OS/c1-3-4-12-9(10(11)15)7-16-8-5-13-14(2)6-8/h5-6,9,12H,3-4,7H2,1-2H3,(H2,11,15). The molecule has 1 unspecified atom stereocenters. The summed E-state index contributed by atoms with van der Waals surface area (Å²) in [5, 5.41) is 7.18. The van der Waals surface area contributed by atoms with Gasteiger partial charge in [0.25, 0.3) is 0 Å². The van der Waals surface area contributed by atoms with E-state index in [9.17, 15) is 4.79 Å². The van der Waals surface area contributed by atoms with Gasteiger partial charge in [0.1, 0.15) is 0 Å². The Balaban J connectivity index is 2.40. The number of amides is 1. The minimum absolute atomic E-state index is 0.273. The number of nitrogens with zero attached hydrogens (tertiary/aromatic N) is 2. The van der Waals surface area contributed by atoms with Crippen LogP contribution >= 0.6 is 11.8 Å². The van der Waals surface area contributed by atoms with Gasteiger partial charge in [0.15, 0.2) is 0 Å². The second kappa shape index (κ2) is 6.55. The van der Waals surface area contributed by atoms with Crippen LogP contribution in [-0.4, -0.2) is 34.0 Å². The fourth-order valence-corrected chi connectivity index (χ4v) is 2.20. The molecule has 0 bridgehead atoms. The largest absolute Gasteiger partial charge is 0.368 e. The van der Waals surface area contributed by atoms with Gasteiger partial charge in [0.2, 0.25) is 5.91 Å². The maximum atomic E-state index is 11.2. The van der Waals surface area contributed by atoms with Crippen LogP contribution in [0.4, 0.5) is 0 Å². The topological polar surface area (TPSA) is 72.9 Å². The molecular formula is C10H18N4OS. The van der Waals surface area contributed by atoms with Gasteiger partial charge < -0.3 is 11.1 Å². The first-order valence-corrected chi connectivity index (χ1v) is 6.26. The number of hydrogen-bond donors (Lipinski definition) is 2. The second-order valence-electron chi connectivity index (χ2n) is 3.57. The van der Waals surface area contributed by atoms with E-state index in [1.807, 2.05) is 13.2 Å². The van der Waals surface area contributed by atoms with E-state index in [0.29, 0.717) is 5.75 Å². The van der Waals surface area contributed by atoms with E-state index >= 15 is 0 Å². The number of aromatic nitrogens is 2. The predicted molar refractivity (Wildman–Crippen MR) is 65.2 cm³/mol. The molecule has 0 saturated heterocycles. The SMILES string of the molecule is CCCNC(CSc1cnn(C)c1)C(N)=O. The number of carbonyl (C=O) groups excluding carboxylic acids is 1. The summed E-state index contributed by atoms with van der Waals surface area (Å²) in [7, 11) is 1.87. The fraction of sp³-hybridized carbons (Fsp3) is 0.600. The Hall–Kier alpha value is -1.01. The predicted octanol–water partition coefficient (Wildman–Crippen LogP) is 0.366. The number of nitrogens with two attached hydrogens (primary N) is 1. The average Bonchev–Trinajstić information content (AvgIpc) is 2.64. The molecule has 0 spiro atoms. The minimum Gasteiger partial charge on any atom is -0.368 e. The van der Waals surface area contributed by atoms with Gasteiger partial charge in [-0.3, -0.25) is 9.48 Å². The Kier molecular flexibility index (Phi) is 5.34. The molecule has 90 valence electrons. The van der Waals surface area contributed by atoms with Gasteiger partial charge in [-0.2, -0.15) is 5.10 Å². The van der Waals surface area contributed by atoms with E-state index in [4.69, 9.17) is 5.73 Å². The lowest BCUT2D eigenvalue weighted by Crippen LogP contribution is -2.43. The van der Waals surface area contributed by atoms with Crippen molar-refractivity contribution >= 4 is 17.7 Å². The third kappa shape index (κ3) is 4.24. The Morgan fingerprint density at radius 2 is 2.50 bits per heavy atom. The zero-order chi connectivity index (χ0) is 12.0. The lowest BCUT2D eigenvalue weighted by molar-refractivity contribution is -0.119. The number of nitrogens with one attached hydrogen (secondary N) is 1. The Bertz CT molecular complexity index is 339. The second-order valence-corrected chi connectivity index (χ2v) is 4.66. The summed E-state index contributed by atoms with van der Waals surface area (Å²) >= 11 is 1.58. The highest BCUT2D eigenvalue weighted by Crippen LogP contribution is 2.17. The molecule has 1 rings (SSSR count). The highest BCUT2D eigenvalue weighted by Gasteiger charge is 2.14. The van der Waals surface area contributed by atoms with Crippen molar-refractivity contribution in [1.82, 2.24) is 15.1 Å². The molecule has 16 heavy (non-hydrogen) atoms. The molecule has 0 aromatic carbocycles. The minimum atomic E-state index is -0.301. The van der Waals surface area contributed by atoms with E-state index in [2.05, 4.69) is 17.3 Å². The van der Waals surface area contributed by atoms with Crippen molar-refractivity contribution in [1.29, 1.82) is 0 Å². The molecule has 0 aliphatic heterocycles. The molecule has 0 aliphatic rings. The van der Waals surface area contributed by atoms with E-state index in [1.54, 1.807) is 22.6 Å². The van der Waals surface area contributed by atoms with Crippen LogP contribution in [0.1, 0.15) is 13.3 Å². The molecule has 0 radical (unpaired) electrons. The van der Waals surface area contributed by atoms with Crippen LogP contribution < -0.4 is 11.1 Å². The monoisotopic (exact) mass is 242 g/mol. The summed E-state index contributed by atoms with van der Waals surface area (Å²) < 4.78 is 1.74. The van der Waals surface area contributed by atoms with Crippen LogP contribution in [-0.2, 0) is 11.8 Å². The summed E-state index contributed by atoms with van der Waals surface area (Å²) in [6.45, 7) is 2.86. The summed E-state index contributed by atoms with van der Waals surface area (Å²) in [6, 6.07) is -0.273. The highest BCUT2D eigenvalue weighted by atomic mass is 32.2. The van der Waals surface area contributed by atoms with E-state index < -0.39 is 0 Å². The number of thioether (sulfide) groups is 1. The van der Waals surface area contributed by atoms with Gasteiger partial charge in [-0.1, -0.05) is 6.92 Å². The first kappa shape index (κ1) is 13.1. The number of primary amides is 1. The van der Waals surface area contributed by atoms with E-state index in [0.717, 1.165) is 17.9 Å². The van der Waals surface area contributed by atoms with E-state index in [1.165, 1.54) is 0 Å². The Morgan fingerprint density at radius 3 is 3.00 bits per heavy atom. The van der Waals surface area contributed by atoms with Gasteiger partial charge >= 0.3 is 0 Å². The lowest BCUT2D eigenvalue weighted by atomic mass is 10.3. The van der Waals surface area contributed by atoms with Crippen LogP contribution in [0.15, 0.2) is 17.3 Å². The normalized spacial score (nSPS) is 12.6. The molecule has 1 aromatic heterocycles. The number of rotatable bonds is 7. The van der Waals surface area contributed by atoms with Gasteiger partial charge in [-0.25, -0.2) is 0 Å². The molecule has 3 N–H and O–H groups in total. The van der Waals surface area contributed by atoms with Gasteiger partial charge in [-0.05, 0) is 13.0 Å². The van der Waals surface area contributed by atoms with Gasteiger partial charge in [0.05, 0.1) is 12.2 Å². The molecular weight excluding hydrogens is 224 g/mol. The van der Waals surface area contributed by atoms with Crippen LogP contribution in [0.5, 0.6) is 0 Å². The van der Waals surface area contributed by atoms with Crippen LogP contribution in [0, 0.1) is 0 Å². The molecule has 0 fully saturated rings. The summed E-state index contributed by atoms with van der Waals surface area (Å²) in [5.41, 5.74) is 5.31. The molecule has 0 aliphatic carbocycles. The van der Waals surface area contributed by atoms with Crippen LogP contribution in [0.2, 0.25) is 0 Å². The zero-order valence-corrected chi connectivity index (χ0v) is 10.5. The number of carbonyl (C=O) groups is 1. The van der Waals surface area contributed by atoms with Crippen molar-refractivity contribution in [3.63, 3.8) is 0 Å². The average molecular weight is 242 g/mol. The van der Waals surface area contributed by atoms with Gasteiger partial charge in [-0.15, -0.1) is 11.8 Å². The van der Waals surface area contributed by atoms with E-state index in [-0.39, 0.29) is 11.9 Å². The first-order chi connectivity index (χ1) is 7.63. The Labute approximate surface area is 99.8 Å². The van der Waals surface area contributed by atoms with Crippen molar-refractivity contribution in [3.05, 3.63) is 12.4 Å². The maximum absolute atomic E-state index is 11.2. The summed E-state index contributed by atoms with van der Waals surface area (Å²) in [6.07, 6.45) is 4.69. The quantitative estimate of drug-likeness (QED) is 0.677. The molecule has 1 aromatic rings. The van der Waals surface area contributed by atoms with Crippen molar-refractivity contribution < 1.29 is 4.79 Å². The molecule has 1 amide bonds. The zero-order valence-electron chi connectivity index (χ0n) is 9.64. The van der Waals surface area contributed by atoms with Crippen molar-refractivity contribution in [2.24, 2.45) is 12.8 Å². The third-order valence-corrected chi connectivity index (χ3v) is 3.13. The molecule has 1 atom stereocenters. The van der Waals surface area contributed by atoms with Crippen LogP contribution in [0.25, 0.3) is 0 Å².